The number of nitrogens with one attached hydrogen (secondary N) is 1. The number of methoxy groups -OCH3 is 1. The molecule has 1 aliphatic heterocycles. The number of halogens is 1. The lowest BCUT2D eigenvalue weighted by Gasteiger charge is -2.28. The molecule has 0 spiro atoms. The second-order valence-corrected chi connectivity index (χ2v) is 7.17. The zero-order valence-corrected chi connectivity index (χ0v) is 17.7. The Morgan fingerprint density at radius 1 is 1.18 bits per heavy atom. The number of thiocarbonyl (C=S) groups is 1. The smallest absolute Gasteiger partial charge is 0.273 e. The van der Waals surface area contributed by atoms with Crippen molar-refractivity contribution in [3.8, 4) is 17.1 Å². The number of carbonyl (C=O) groups is 2. The summed E-state index contributed by atoms with van der Waals surface area (Å²) in [4.78, 5) is 36.9. The van der Waals surface area contributed by atoms with Crippen molar-refractivity contribution >= 4 is 46.6 Å². The molecular formula is C22H14FN3O6S. The van der Waals surface area contributed by atoms with Gasteiger partial charge in [-0.15, -0.1) is 0 Å². The standard InChI is InChI=1S/C22H14FN3O6S/c1-31-19-10-14(26(29)30)5-7-16(19)18-8-6-15(32-18)11-17-20(27)24-22(33)25(21(17)28)13-4-2-3-12(23)9-13/h2-11H,1H3,(H,24,27,33)/b17-11+. The van der Waals surface area contributed by atoms with Crippen LogP contribution in [0.1, 0.15) is 5.76 Å². The predicted octanol–water partition coefficient (Wildman–Crippen LogP) is 3.83. The molecule has 1 N–H and O–H groups in total. The first-order valence-corrected chi connectivity index (χ1v) is 9.79. The number of amides is 2. The van der Waals surface area contributed by atoms with Crippen molar-refractivity contribution in [3.63, 3.8) is 0 Å². The molecule has 1 aliphatic rings. The summed E-state index contributed by atoms with van der Waals surface area (Å²) in [7, 11) is 1.36. The van der Waals surface area contributed by atoms with Gasteiger partial charge in [0.2, 0.25) is 0 Å². The van der Waals surface area contributed by atoms with Gasteiger partial charge >= 0.3 is 0 Å². The number of nitro groups is 1. The summed E-state index contributed by atoms with van der Waals surface area (Å²) in [5.74, 6) is -1.38. The molecule has 1 aromatic heterocycles. The van der Waals surface area contributed by atoms with Crippen molar-refractivity contribution in [2.45, 2.75) is 0 Å². The van der Waals surface area contributed by atoms with E-state index >= 15 is 0 Å². The Morgan fingerprint density at radius 3 is 2.67 bits per heavy atom. The van der Waals surface area contributed by atoms with E-state index in [1.807, 2.05) is 0 Å². The molecule has 0 radical (unpaired) electrons. The van der Waals surface area contributed by atoms with Crippen LogP contribution < -0.4 is 15.0 Å². The number of nitro benzene ring substituents is 1. The van der Waals surface area contributed by atoms with E-state index in [0.717, 1.165) is 11.0 Å². The normalized spacial score (nSPS) is 15.0. The van der Waals surface area contributed by atoms with Crippen molar-refractivity contribution in [1.82, 2.24) is 5.32 Å². The molecule has 4 rings (SSSR count). The van der Waals surface area contributed by atoms with Gasteiger partial charge in [-0.25, -0.2) is 4.39 Å². The van der Waals surface area contributed by atoms with Crippen LogP contribution in [-0.4, -0.2) is 29.0 Å². The summed E-state index contributed by atoms with van der Waals surface area (Å²) in [5.41, 5.74) is 0.174. The van der Waals surface area contributed by atoms with E-state index in [-0.39, 0.29) is 33.6 Å². The van der Waals surface area contributed by atoms with Crippen LogP contribution in [0.15, 0.2) is 64.6 Å². The predicted molar refractivity (Wildman–Crippen MR) is 120 cm³/mol. The number of carbonyl (C=O) groups excluding carboxylic acids is 2. The number of rotatable bonds is 5. The van der Waals surface area contributed by atoms with Crippen LogP contribution in [0.25, 0.3) is 17.4 Å². The highest BCUT2D eigenvalue weighted by Gasteiger charge is 2.35. The van der Waals surface area contributed by atoms with Gasteiger partial charge < -0.3 is 9.15 Å². The van der Waals surface area contributed by atoms with Crippen molar-refractivity contribution in [3.05, 3.63) is 81.9 Å². The minimum absolute atomic E-state index is 0.151. The van der Waals surface area contributed by atoms with Gasteiger partial charge in [-0.05, 0) is 54.7 Å². The molecule has 0 bridgehead atoms. The molecule has 2 heterocycles. The number of ether oxygens (including phenoxy) is 1. The summed E-state index contributed by atoms with van der Waals surface area (Å²) in [6.07, 6.45) is 1.23. The van der Waals surface area contributed by atoms with Crippen molar-refractivity contribution in [1.29, 1.82) is 0 Å². The van der Waals surface area contributed by atoms with Crippen LogP contribution >= 0.6 is 12.2 Å². The first-order chi connectivity index (χ1) is 15.8. The minimum atomic E-state index is -0.750. The monoisotopic (exact) mass is 467 g/mol. The molecule has 3 aromatic rings. The van der Waals surface area contributed by atoms with Gasteiger partial charge in [-0.1, -0.05) is 6.07 Å². The van der Waals surface area contributed by atoms with E-state index in [2.05, 4.69) is 5.32 Å². The Balaban J connectivity index is 1.68. The molecule has 0 unspecified atom stereocenters. The van der Waals surface area contributed by atoms with Crippen LogP contribution in [0.5, 0.6) is 5.75 Å². The third kappa shape index (κ3) is 4.21. The summed E-state index contributed by atoms with van der Waals surface area (Å²) >= 11 is 5.09. The van der Waals surface area contributed by atoms with Gasteiger partial charge in [0.25, 0.3) is 17.5 Å². The van der Waals surface area contributed by atoms with Gasteiger partial charge in [-0.3, -0.25) is 29.9 Å². The highest BCUT2D eigenvalue weighted by Crippen LogP contribution is 2.35. The maximum absolute atomic E-state index is 13.6. The Hall–Kier alpha value is -4.38. The number of non-ortho nitro benzene ring substituents is 1. The van der Waals surface area contributed by atoms with E-state index in [1.165, 1.54) is 55.7 Å². The molecule has 166 valence electrons. The summed E-state index contributed by atoms with van der Waals surface area (Å²) in [6.45, 7) is 0. The molecule has 2 aromatic carbocycles. The van der Waals surface area contributed by atoms with Gasteiger partial charge in [-0.2, -0.15) is 0 Å². The first kappa shape index (κ1) is 21.8. The van der Waals surface area contributed by atoms with Crippen molar-refractivity contribution < 1.29 is 28.1 Å². The Morgan fingerprint density at radius 2 is 1.97 bits per heavy atom. The van der Waals surface area contributed by atoms with Gasteiger partial charge in [0.05, 0.1) is 29.4 Å². The van der Waals surface area contributed by atoms with Crippen LogP contribution in [-0.2, 0) is 9.59 Å². The highest BCUT2D eigenvalue weighted by atomic mass is 32.1. The lowest BCUT2D eigenvalue weighted by molar-refractivity contribution is -0.384. The van der Waals surface area contributed by atoms with Crippen molar-refractivity contribution in [2.24, 2.45) is 0 Å². The Labute approximate surface area is 191 Å². The molecule has 2 amide bonds. The summed E-state index contributed by atoms with van der Waals surface area (Å²) < 4.78 is 24.6. The third-order valence-corrected chi connectivity index (χ3v) is 5.03. The number of furan rings is 1. The first-order valence-electron chi connectivity index (χ1n) is 9.38. The van der Waals surface area contributed by atoms with Gasteiger partial charge in [0.1, 0.15) is 28.7 Å². The van der Waals surface area contributed by atoms with Gasteiger partial charge in [0.15, 0.2) is 5.11 Å². The number of nitrogens with zero attached hydrogens (tertiary/aromatic N) is 2. The Kier molecular flexibility index (Phi) is 5.71. The quantitative estimate of drug-likeness (QED) is 0.199. The molecular weight excluding hydrogens is 453 g/mol. The minimum Gasteiger partial charge on any atom is -0.496 e. The summed E-state index contributed by atoms with van der Waals surface area (Å²) in [5, 5.41) is 13.2. The second-order valence-electron chi connectivity index (χ2n) is 6.78. The summed E-state index contributed by atoms with van der Waals surface area (Å²) in [6, 6.07) is 12.3. The lowest BCUT2D eigenvalue weighted by Crippen LogP contribution is -2.54. The zero-order chi connectivity index (χ0) is 23.7. The number of anilines is 1. The maximum atomic E-state index is 13.6. The highest BCUT2D eigenvalue weighted by molar-refractivity contribution is 7.80. The van der Waals surface area contributed by atoms with Crippen LogP contribution in [0.3, 0.4) is 0 Å². The third-order valence-electron chi connectivity index (χ3n) is 4.74. The SMILES string of the molecule is COc1cc([N+](=O)[O-])ccc1-c1ccc(/C=C2\C(=O)NC(=S)N(c3cccc(F)c3)C2=O)o1. The van der Waals surface area contributed by atoms with E-state index in [9.17, 15) is 24.1 Å². The number of hydrogen-bond donors (Lipinski definition) is 1. The maximum Gasteiger partial charge on any atom is 0.273 e. The fraction of sp³-hybridized carbons (Fsp3) is 0.0455. The largest absolute Gasteiger partial charge is 0.496 e. The molecule has 1 fully saturated rings. The molecule has 9 nitrogen and oxygen atoms in total. The van der Waals surface area contributed by atoms with E-state index < -0.39 is 22.6 Å². The molecule has 11 heteroatoms. The molecule has 33 heavy (non-hydrogen) atoms. The number of benzene rings is 2. The Bertz CT molecular complexity index is 1350. The number of hydrogen-bond acceptors (Lipinski definition) is 7. The zero-order valence-electron chi connectivity index (χ0n) is 16.9. The lowest BCUT2D eigenvalue weighted by atomic mass is 10.1. The van der Waals surface area contributed by atoms with Gasteiger partial charge in [0, 0.05) is 6.07 Å². The van der Waals surface area contributed by atoms with E-state index in [1.54, 1.807) is 6.07 Å². The topological polar surface area (TPSA) is 115 Å². The van der Waals surface area contributed by atoms with E-state index in [4.69, 9.17) is 21.4 Å². The molecule has 0 atom stereocenters. The fourth-order valence-electron chi connectivity index (χ4n) is 3.22. The second kappa shape index (κ2) is 8.63. The van der Waals surface area contributed by atoms with E-state index in [0.29, 0.717) is 11.3 Å². The average molecular weight is 467 g/mol. The molecule has 0 aliphatic carbocycles. The van der Waals surface area contributed by atoms with Crippen LogP contribution in [0.4, 0.5) is 15.8 Å². The molecule has 1 saturated heterocycles. The molecule has 0 saturated carbocycles. The van der Waals surface area contributed by atoms with Crippen molar-refractivity contribution in [2.75, 3.05) is 12.0 Å². The van der Waals surface area contributed by atoms with Crippen LogP contribution in [0, 0.1) is 15.9 Å². The average Bonchev–Trinajstić information content (AvgIpc) is 3.24. The van der Waals surface area contributed by atoms with Crippen LogP contribution in [0.2, 0.25) is 0 Å². The fourth-order valence-corrected chi connectivity index (χ4v) is 3.50.